The van der Waals surface area contributed by atoms with Gasteiger partial charge in [0.2, 0.25) is 5.69 Å². The van der Waals surface area contributed by atoms with Crippen molar-refractivity contribution in [2.24, 2.45) is 0 Å². The van der Waals surface area contributed by atoms with E-state index in [1.807, 2.05) is 0 Å². The maximum atomic E-state index is 11.1. The molecule has 3 aromatic rings. The molecule has 0 spiro atoms. The van der Waals surface area contributed by atoms with E-state index in [0.717, 1.165) is 42.6 Å². The van der Waals surface area contributed by atoms with Crippen LogP contribution >= 0.6 is 0 Å². The molecular formula is C21H25N5O3. The van der Waals surface area contributed by atoms with E-state index < -0.39 is 5.97 Å². The molecular weight excluding hydrogens is 370 g/mol. The van der Waals surface area contributed by atoms with Crippen molar-refractivity contribution < 1.29 is 14.6 Å². The number of hydrogen-bond donors (Lipinski definition) is 3. The van der Waals surface area contributed by atoms with Gasteiger partial charge in [-0.2, -0.15) is 5.10 Å². The van der Waals surface area contributed by atoms with Crippen molar-refractivity contribution in [1.82, 2.24) is 25.6 Å². The van der Waals surface area contributed by atoms with E-state index >= 15 is 0 Å². The number of benzene rings is 1. The third kappa shape index (κ3) is 4.16. The maximum absolute atomic E-state index is 11.1. The number of H-pyrrole nitrogens is 2. The second-order valence-corrected chi connectivity index (χ2v) is 7.87. The molecule has 1 aromatic carbocycles. The number of hydrogen-bond acceptors (Lipinski definition) is 5. The molecule has 1 aliphatic rings. The van der Waals surface area contributed by atoms with Crippen LogP contribution in [0.15, 0.2) is 30.3 Å². The first-order valence-corrected chi connectivity index (χ1v) is 9.98. The minimum absolute atomic E-state index is 0.0341. The standard InChI is InChI=1S/C21H25N5O3/c1-12(2)17-11-18(23-22-17)15-5-3-13(4-6-15)14-7-9-16(10-8-14)29-20-19(21(27)28)24-26-25-20/h3-6,11-12,14,16H,7-10H2,1-2H3,(H,22,23)(H,27,28)(H,24,25,26). The fourth-order valence-corrected chi connectivity index (χ4v) is 3.83. The van der Waals surface area contributed by atoms with E-state index in [1.165, 1.54) is 5.56 Å². The zero-order chi connectivity index (χ0) is 20.4. The van der Waals surface area contributed by atoms with E-state index in [0.29, 0.717) is 11.8 Å². The molecule has 0 amide bonds. The maximum Gasteiger partial charge on any atom is 0.359 e. The van der Waals surface area contributed by atoms with E-state index in [1.54, 1.807) is 0 Å². The highest BCUT2D eigenvalue weighted by molar-refractivity contribution is 5.87. The Hall–Kier alpha value is -3.16. The van der Waals surface area contributed by atoms with Crippen LogP contribution in [0.3, 0.4) is 0 Å². The zero-order valence-electron chi connectivity index (χ0n) is 16.6. The van der Waals surface area contributed by atoms with Crippen molar-refractivity contribution >= 4 is 5.97 Å². The molecule has 0 bridgehead atoms. The van der Waals surface area contributed by atoms with E-state index in [4.69, 9.17) is 9.84 Å². The molecule has 2 heterocycles. The quantitative estimate of drug-likeness (QED) is 0.578. The second-order valence-electron chi connectivity index (χ2n) is 7.87. The molecule has 1 fully saturated rings. The summed E-state index contributed by atoms with van der Waals surface area (Å²) in [5, 5.41) is 26.2. The highest BCUT2D eigenvalue weighted by atomic mass is 16.5. The van der Waals surface area contributed by atoms with Crippen LogP contribution in [0.1, 0.15) is 73.1 Å². The summed E-state index contributed by atoms with van der Waals surface area (Å²) >= 11 is 0. The summed E-state index contributed by atoms with van der Waals surface area (Å²) in [6, 6.07) is 10.8. The highest BCUT2D eigenvalue weighted by Crippen LogP contribution is 2.35. The lowest BCUT2D eigenvalue weighted by molar-refractivity contribution is 0.0678. The van der Waals surface area contributed by atoms with E-state index in [2.05, 4.69) is 69.8 Å². The van der Waals surface area contributed by atoms with Gasteiger partial charge in [-0.1, -0.05) is 48.4 Å². The van der Waals surface area contributed by atoms with Gasteiger partial charge in [-0.25, -0.2) is 9.89 Å². The third-order valence-corrected chi connectivity index (χ3v) is 5.57. The number of aromatic carboxylic acids is 1. The smallest absolute Gasteiger partial charge is 0.359 e. The molecule has 0 saturated heterocycles. The van der Waals surface area contributed by atoms with Crippen LogP contribution in [-0.2, 0) is 0 Å². The summed E-state index contributed by atoms with van der Waals surface area (Å²) in [4.78, 5) is 11.1. The summed E-state index contributed by atoms with van der Waals surface area (Å²) in [6.07, 6.45) is 3.67. The zero-order valence-corrected chi connectivity index (χ0v) is 16.6. The lowest BCUT2D eigenvalue weighted by Gasteiger charge is -2.28. The van der Waals surface area contributed by atoms with Crippen molar-refractivity contribution in [1.29, 1.82) is 0 Å². The number of carbonyl (C=O) groups is 1. The van der Waals surface area contributed by atoms with Crippen molar-refractivity contribution in [3.63, 3.8) is 0 Å². The van der Waals surface area contributed by atoms with Crippen LogP contribution in [0.25, 0.3) is 11.3 Å². The van der Waals surface area contributed by atoms with Crippen LogP contribution in [0.4, 0.5) is 0 Å². The number of rotatable bonds is 6. The fourth-order valence-electron chi connectivity index (χ4n) is 3.83. The summed E-state index contributed by atoms with van der Waals surface area (Å²) in [5.41, 5.74) is 4.47. The Morgan fingerprint density at radius 3 is 2.48 bits per heavy atom. The van der Waals surface area contributed by atoms with Gasteiger partial charge in [0.25, 0.3) is 5.88 Å². The lowest BCUT2D eigenvalue weighted by Crippen LogP contribution is -2.24. The normalized spacial score (nSPS) is 19.4. The molecule has 152 valence electrons. The molecule has 1 aliphatic carbocycles. The second kappa shape index (κ2) is 8.06. The molecule has 0 radical (unpaired) electrons. The van der Waals surface area contributed by atoms with Crippen LogP contribution in [0.5, 0.6) is 5.88 Å². The number of ether oxygens (including phenoxy) is 1. The molecule has 0 unspecified atom stereocenters. The monoisotopic (exact) mass is 395 g/mol. The molecule has 8 nitrogen and oxygen atoms in total. The Morgan fingerprint density at radius 1 is 1.14 bits per heavy atom. The summed E-state index contributed by atoms with van der Waals surface area (Å²) in [6.45, 7) is 4.27. The topological polar surface area (TPSA) is 117 Å². The van der Waals surface area contributed by atoms with Crippen LogP contribution in [-0.4, -0.2) is 42.8 Å². The number of aromatic amines is 2. The van der Waals surface area contributed by atoms with Gasteiger partial charge >= 0.3 is 5.97 Å². The molecule has 4 rings (SSSR count). The third-order valence-electron chi connectivity index (χ3n) is 5.57. The first kappa shape index (κ1) is 19.2. The van der Waals surface area contributed by atoms with E-state index in [9.17, 15) is 4.79 Å². The van der Waals surface area contributed by atoms with Crippen molar-refractivity contribution in [3.05, 3.63) is 47.3 Å². The predicted octanol–water partition coefficient (Wildman–Crippen LogP) is 4.12. The van der Waals surface area contributed by atoms with E-state index in [-0.39, 0.29) is 17.7 Å². The van der Waals surface area contributed by atoms with Crippen molar-refractivity contribution in [3.8, 4) is 17.1 Å². The van der Waals surface area contributed by atoms with Gasteiger partial charge in [0.05, 0.1) is 11.4 Å². The van der Waals surface area contributed by atoms with Crippen molar-refractivity contribution in [2.75, 3.05) is 0 Å². The molecule has 29 heavy (non-hydrogen) atoms. The van der Waals surface area contributed by atoms with Crippen LogP contribution < -0.4 is 4.74 Å². The minimum Gasteiger partial charge on any atom is -0.476 e. The van der Waals surface area contributed by atoms with Gasteiger partial charge in [0.15, 0.2) is 0 Å². The molecule has 0 atom stereocenters. The molecule has 0 aliphatic heterocycles. The van der Waals surface area contributed by atoms with Gasteiger partial charge in [-0.05, 0) is 54.7 Å². The minimum atomic E-state index is -1.11. The number of aromatic nitrogens is 5. The Balaban J connectivity index is 1.36. The van der Waals surface area contributed by atoms with Crippen LogP contribution in [0, 0.1) is 0 Å². The fraction of sp³-hybridized carbons (Fsp3) is 0.429. The molecule has 2 aromatic heterocycles. The summed E-state index contributed by atoms with van der Waals surface area (Å²) in [5.74, 6) is -0.157. The number of carboxylic acids is 1. The Labute approximate surface area is 168 Å². The number of nitrogens with one attached hydrogen (secondary N) is 2. The summed E-state index contributed by atoms with van der Waals surface area (Å²) < 4.78 is 5.77. The number of carboxylic acid groups (broad SMARTS) is 1. The van der Waals surface area contributed by atoms with Crippen molar-refractivity contribution in [2.45, 2.75) is 57.5 Å². The first-order valence-electron chi connectivity index (χ1n) is 9.98. The highest BCUT2D eigenvalue weighted by Gasteiger charge is 2.26. The Kier molecular flexibility index (Phi) is 5.33. The number of nitrogens with zero attached hydrogens (tertiary/aromatic N) is 3. The Bertz CT molecular complexity index is 968. The first-order chi connectivity index (χ1) is 14.0. The molecule has 3 N–H and O–H groups in total. The van der Waals surface area contributed by atoms with Gasteiger partial charge in [0, 0.05) is 0 Å². The van der Waals surface area contributed by atoms with Gasteiger partial charge < -0.3 is 9.84 Å². The molecule has 1 saturated carbocycles. The average Bonchev–Trinajstić information content (AvgIpc) is 3.39. The average molecular weight is 395 g/mol. The SMILES string of the molecule is CC(C)c1cc(-c2ccc(C3CCC(Oc4nn[nH]c4C(=O)O)CC3)cc2)[nH]n1. The largest absolute Gasteiger partial charge is 0.476 e. The summed E-state index contributed by atoms with van der Waals surface area (Å²) in [7, 11) is 0. The Morgan fingerprint density at radius 2 is 1.86 bits per heavy atom. The van der Waals surface area contributed by atoms with Gasteiger partial charge in [0.1, 0.15) is 6.10 Å². The van der Waals surface area contributed by atoms with Crippen LogP contribution in [0.2, 0.25) is 0 Å². The van der Waals surface area contributed by atoms with Gasteiger partial charge in [-0.15, -0.1) is 0 Å². The lowest BCUT2D eigenvalue weighted by atomic mass is 9.82. The predicted molar refractivity (Wildman–Crippen MR) is 107 cm³/mol. The van der Waals surface area contributed by atoms with Gasteiger partial charge in [-0.3, -0.25) is 5.10 Å². The molecule has 8 heteroatoms.